The number of methoxy groups -OCH3 is 1. The van der Waals surface area contributed by atoms with Crippen molar-refractivity contribution in [2.45, 2.75) is 116 Å². The second kappa shape index (κ2) is 24.7. The highest BCUT2D eigenvalue weighted by Crippen LogP contribution is 2.13. The van der Waals surface area contributed by atoms with Gasteiger partial charge in [0.2, 0.25) is 11.8 Å². The van der Waals surface area contributed by atoms with Crippen LogP contribution in [0.25, 0.3) is 0 Å². The van der Waals surface area contributed by atoms with E-state index in [2.05, 4.69) is 26.5 Å². The summed E-state index contributed by atoms with van der Waals surface area (Å²) >= 11 is 1.24. The summed E-state index contributed by atoms with van der Waals surface area (Å²) in [6, 6.07) is -2.61. The average Bonchev–Trinajstić information content (AvgIpc) is 2.91. The van der Waals surface area contributed by atoms with Crippen LogP contribution < -0.4 is 10.6 Å². The molecule has 12 nitrogen and oxygen atoms in total. The molecule has 41 heavy (non-hydrogen) atoms. The van der Waals surface area contributed by atoms with Crippen LogP contribution in [0.5, 0.6) is 0 Å². The third-order valence-corrected chi connectivity index (χ3v) is 7.60. The third-order valence-electron chi connectivity index (χ3n) is 6.14. The predicted molar refractivity (Wildman–Crippen MR) is 158 cm³/mol. The SMILES string of the molecule is CCCCCCCCCCCCCCCC(=O)OCCSC[C@H](NC(C)=O)C(=O)N[C@@H](COS(=O)(=O)O)C(=O)OC. The molecule has 240 valence electrons. The van der Waals surface area contributed by atoms with E-state index in [9.17, 15) is 27.6 Å². The molecular formula is C27H50N2O10S2. The Hall–Kier alpha value is -1.90. The average molecular weight is 627 g/mol. The van der Waals surface area contributed by atoms with Gasteiger partial charge in [-0.15, -0.1) is 0 Å². The lowest BCUT2D eigenvalue weighted by molar-refractivity contribution is -0.146. The fourth-order valence-corrected chi connectivity index (χ4v) is 5.09. The number of esters is 2. The Kier molecular flexibility index (Phi) is 23.5. The van der Waals surface area contributed by atoms with Crippen LogP contribution in [-0.4, -0.2) is 80.6 Å². The fourth-order valence-electron chi connectivity index (χ4n) is 3.94. The highest BCUT2D eigenvalue weighted by atomic mass is 32.3. The maximum absolute atomic E-state index is 12.6. The number of hydrogen-bond acceptors (Lipinski definition) is 10. The molecule has 0 aromatic carbocycles. The molecule has 0 spiro atoms. The first-order valence-electron chi connectivity index (χ1n) is 14.5. The van der Waals surface area contributed by atoms with Gasteiger partial charge in [-0.25, -0.2) is 8.98 Å². The molecular weight excluding hydrogens is 576 g/mol. The van der Waals surface area contributed by atoms with Crippen molar-refractivity contribution in [3.8, 4) is 0 Å². The van der Waals surface area contributed by atoms with Crippen LogP contribution in [-0.2, 0) is 43.2 Å². The van der Waals surface area contributed by atoms with Gasteiger partial charge in [-0.1, -0.05) is 84.0 Å². The van der Waals surface area contributed by atoms with Gasteiger partial charge in [0.25, 0.3) is 0 Å². The summed E-state index contributed by atoms with van der Waals surface area (Å²) in [6.07, 6.45) is 16.3. The van der Waals surface area contributed by atoms with Crippen LogP contribution in [0.2, 0.25) is 0 Å². The summed E-state index contributed by atoms with van der Waals surface area (Å²) in [5, 5.41) is 4.68. The zero-order valence-electron chi connectivity index (χ0n) is 24.8. The minimum Gasteiger partial charge on any atom is -0.467 e. The summed E-state index contributed by atoms with van der Waals surface area (Å²) in [4.78, 5) is 48.0. The number of hydrogen-bond donors (Lipinski definition) is 3. The summed E-state index contributed by atoms with van der Waals surface area (Å²) in [7, 11) is -3.83. The molecule has 0 radical (unpaired) electrons. The number of amides is 2. The van der Waals surface area contributed by atoms with Crippen molar-refractivity contribution >= 4 is 45.9 Å². The lowest BCUT2D eigenvalue weighted by atomic mass is 10.0. The lowest BCUT2D eigenvalue weighted by Gasteiger charge is -2.21. The van der Waals surface area contributed by atoms with E-state index >= 15 is 0 Å². The molecule has 3 N–H and O–H groups in total. The van der Waals surface area contributed by atoms with Crippen LogP contribution in [0.3, 0.4) is 0 Å². The lowest BCUT2D eigenvalue weighted by Crippen LogP contribution is -2.54. The van der Waals surface area contributed by atoms with E-state index in [0.29, 0.717) is 12.2 Å². The minimum absolute atomic E-state index is 0.0921. The maximum atomic E-state index is 12.6. The smallest absolute Gasteiger partial charge is 0.397 e. The zero-order chi connectivity index (χ0) is 30.9. The molecule has 0 aromatic heterocycles. The second-order valence-corrected chi connectivity index (χ2v) is 12.1. The van der Waals surface area contributed by atoms with Gasteiger partial charge in [0.1, 0.15) is 12.6 Å². The van der Waals surface area contributed by atoms with E-state index in [0.717, 1.165) is 26.4 Å². The molecule has 2 amide bonds. The summed E-state index contributed by atoms with van der Waals surface area (Å²) in [5.41, 5.74) is 0. The van der Waals surface area contributed by atoms with Gasteiger partial charge >= 0.3 is 22.3 Å². The van der Waals surface area contributed by atoms with E-state index < -0.39 is 46.9 Å². The standard InChI is InChI=1S/C27H50N2O10S2/c1-4-5-6-7-8-9-10-11-12-13-14-15-16-17-25(31)38-18-19-40-21-24(28-22(2)30)26(32)29-23(27(33)37-3)20-39-41(34,35)36/h23-24H,4-21H2,1-3H3,(H,28,30)(H,29,32)(H,34,35,36)/t23-,24-/m0/s1. The number of carbonyl (C=O) groups excluding carboxylic acids is 4. The van der Waals surface area contributed by atoms with E-state index in [-0.39, 0.29) is 18.3 Å². The number of unbranched alkanes of at least 4 members (excludes halogenated alkanes) is 12. The second-order valence-electron chi connectivity index (χ2n) is 9.84. The summed E-state index contributed by atoms with van der Waals surface area (Å²) < 4.78 is 44.2. The molecule has 0 saturated carbocycles. The highest BCUT2D eigenvalue weighted by Gasteiger charge is 2.28. The highest BCUT2D eigenvalue weighted by molar-refractivity contribution is 7.99. The molecule has 14 heteroatoms. The van der Waals surface area contributed by atoms with E-state index in [1.54, 1.807) is 0 Å². The van der Waals surface area contributed by atoms with E-state index in [1.807, 2.05) is 0 Å². The van der Waals surface area contributed by atoms with Gasteiger partial charge in [-0.2, -0.15) is 20.2 Å². The van der Waals surface area contributed by atoms with Crippen LogP contribution >= 0.6 is 11.8 Å². The topological polar surface area (TPSA) is 174 Å². The van der Waals surface area contributed by atoms with Crippen LogP contribution in [0.1, 0.15) is 104 Å². The van der Waals surface area contributed by atoms with E-state index in [4.69, 9.17) is 9.29 Å². The van der Waals surface area contributed by atoms with Gasteiger partial charge < -0.3 is 20.1 Å². The van der Waals surface area contributed by atoms with Crippen LogP contribution in [0, 0.1) is 0 Å². The number of thioether (sulfide) groups is 1. The molecule has 0 aliphatic heterocycles. The van der Waals surface area contributed by atoms with Crippen molar-refractivity contribution in [2.24, 2.45) is 0 Å². The Balaban J connectivity index is 4.12. The van der Waals surface area contributed by atoms with E-state index in [1.165, 1.54) is 82.9 Å². The van der Waals surface area contributed by atoms with Gasteiger partial charge in [-0.05, 0) is 6.42 Å². The Morgan fingerprint density at radius 3 is 1.85 bits per heavy atom. The summed E-state index contributed by atoms with van der Waals surface area (Å²) in [6.45, 7) is 2.69. The number of carbonyl (C=O) groups is 4. The monoisotopic (exact) mass is 626 g/mol. The van der Waals surface area contributed by atoms with Crippen molar-refractivity contribution in [1.82, 2.24) is 10.6 Å². The molecule has 0 saturated heterocycles. The van der Waals surface area contributed by atoms with Crippen molar-refractivity contribution in [3.63, 3.8) is 0 Å². The van der Waals surface area contributed by atoms with Crippen molar-refractivity contribution in [1.29, 1.82) is 0 Å². The quantitative estimate of drug-likeness (QED) is 0.0725. The molecule has 0 rings (SSSR count). The molecule has 0 fully saturated rings. The van der Waals surface area contributed by atoms with Gasteiger partial charge in [-0.3, -0.25) is 18.9 Å². The van der Waals surface area contributed by atoms with Crippen molar-refractivity contribution < 1.29 is 45.8 Å². The fraction of sp³-hybridized carbons (Fsp3) is 0.852. The molecule has 0 aliphatic rings. The Morgan fingerprint density at radius 2 is 1.37 bits per heavy atom. The summed E-state index contributed by atoms with van der Waals surface area (Å²) in [5.74, 6) is -2.11. The first-order valence-corrected chi connectivity index (χ1v) is 17.0. The van der Waals surface area contributed by atoms with Gasteiger partial charge in [0.15, 0.2) is 6.04 Å². The van der Waals surface area contributed by atoms with Crippen LogP contribution in [0.15, 0.2) is 0 Å². The molecule has 0 heterocycles. The van der Waals surface area contributed by atoms with Gasteiger partial charge in [0, 0.05) is 24.9 Å². The number of ether oxygens (including phenoxy) is 2. The minimum atomic E-state index is -4.86. The van der Waals surface area contributed by atoms with Crippen molar-refractivity contribution in [3.05, 3.63) is 0 Å². The zero-order valence-corrected chi connectivity index (χ0v) is 26.5. The van der Waals surface area contributed by atoms with Crippen LogP contribution in [0.4, 0.5) is 0 Å². The number of rotatable bonds is 26. The third kappa shape index (κ3) is 24.4. The van der Waals surface area contributed by atoms with Gasteiger partial charge in [0.05, 0.1) is 13.7 Å². The number of nitrogens with one attached hydrogen (secondary N) is 2. The molecule has 0 unspecified atom stereocenters. The Bertz CT molecular complexity index is 855. The first kappa shape index (κ1) is 39.1. The molecule has 0 aliphatic carbocycles. The molecule has 0 aromatic rings. The maximum Gasteiger partial charge on any atom is 0.397 e. The van der Waals surface area contributed by atoms with Crippen molar-refractivity contribution in [2.75, 3.05) is 31.8 Å². The predicted octanol–water partition coefficient (Wildman–Crippen LogP) is 3.73. The molecule has 0 bridgehead atoms. The first-order chi connectivity index (χ1) is 19.5. The largest absolute Gasteiger partial charge is 0.467 e. The normalized spacial score (nSPS) is 12.8. The Labute approximate surface area is 249 Å². The molecule has 2 atom stereocenters. The Morgan fingerprint density at radius 1 is 0.829 bits per heavy atom.